The summed E-state index contributed by atoms with van der Waals surface area (Å²) in [6, 6.07) is 16.4. The molecule has 1 atom stereocenters. The second-order valence-corrected chi connectivity index (χ2v) is 6.68. The monoisotopic (exact) mass is 399 g/mol. The molecule has 146 valence electrons. The molecule has 0 bridgehead atoms. The molecule has 0 aliphatic heterocycles. The molecule has 0 saturated heterocycles. The Morgan fingerprint density at radius 2 is 1.82 bits per heavy atom. The van der Waals surface area contributed by atoms with E-state index in [0.717, 1.165) is 22.0 Å². The van der Waals surface area contributed by atoms with Gasteiger partial charge in [0.2, 0.25) is 5.91 Å². The topological polar surface area (TPSA) is 83.2 Å². The third kappa shape index (κ3) is 5.27. The molecular formula is C21H22ClN3O3. The van der Waals surface area contributed by atoms with Crippen LogP contribution >= 0.6 is 11.6 Å². The van der Waals surface area contributed by atoms with E-state index in [1.54, 1.807) is 0 Å². The molecular weight excluding hydrogens is 378 g/mol. The lowest BCUT2D eigenvalue weighted by Crippen LogP contribution is -2.48. The van der Waals surface area contributed by atoms with Crippen molar-refractivity contribution in [1.29, 1.82) is 0 Å². The minimum Gasteiger partial charge on any atom is -0.445 e. The first-order valence-corrected chi connectivity index (χ1v) is 9.56. The largest absolute Gasteiger partial charge is 0.445 e. The molecule has 1 heterocycles. The fourth-order valence-corrected chi connectivity index (χ4v) is 3.02. The highest BCUT2D eigenvalue weighted by molar-refractivity contribution is 6.18. The lowest BCUT2D eigenvalue weighted by molar-refractivity contribution is -0.122. The van der Waals surface area contributed by atoms with Crippen molar-refractivity contribution in [3.63, 3.8) is 0 Å². The molecule has 3 rings (SSSR count). The predicted molar refractivity (Wildman–Crippen MR) is 109 cm³/mol. The van der Waals surface area contributed by atoms with E-state index in [-0.39, 0.29) is 12.5 Å². The first-order chi connectivity index (χ1) is 13.7. The van der Waals surface area contributed by atoms with Crippen LogP contribution in [0.25, 0.3) is 10.9 Å². The van der Waals surface area contributed by atoms with Crippen LogP contribution < -0.4 is 10.6 Å². The van der Waals surface area contributed by atoms with E-state index in [9.17, 15) is 9.59 Å². The van der Waals surface area contributed by atoms with Crippen molar-refractivity contribution in [2.45, 2.75) is 19.1 Å². The number of rotatable bonds is 8. The van der Waals surface area contributed by atoms with Gasteiger partial charge in [-0.05, 0) is 17.2 Å². The van der Waals surface area contributed by atoms with E-state index >= 15 is 0 Å². The van der Waals surface area contributed by atoms with Crippen molar-refractivity contribution in [3.8, 4) is 0 Å². The summed E-state index contributed by atoms with van der Waals surface area (Å²) in [5.74, 6) is -0.00752. The quantitative estimate of drug-likeness (QED) is 0.508. The van der Waals surface area contributed by atoms with Gasteiger partial charge in [0.05, 0.1) is 0 Å². The van der Waals surface area contributed by atoms with Gasteiger partial charge in [0.1, 0.15) is 12.6 Å². The summed E-state index contributed by atoms with van der Waals surface area (Å²) in [4.78, 5) is 28.0. The number of aromatic amines is 1. The number of hydrogen-bond donors (Lipinski definition) is 3. The maximum atomic E-state index is 12.5. The zero-order chi connectivity index (χ0) is 19.8. The second kappa shape index (κ2) is 9.80. The Balaban J connectivity index is 1.67. The molecule has 2 aromatic carbocycles. The van der Waals surface area contributed by atoms with E-state index in [1.807, 2.05) is 60.8 Å². The lowest BCUT2D eigenvalue weighted by Gasteiger charge is -2.18. The highest BCUT2D eigenvalue weighted by Crippen LogP contribution is 2.19. The Bertz CT molecular complexity index is 927. The number of alkyl halides is 1. The van der Waals surface area contributed by atoms with Crippen LogP contribution in [0.5, 0.6) is 0 Å². The van der Waals surface area contributed by atoms with E-state index < -0.39 is 12.1 Å². The van der Waals surface area contributed by atoms with E-state index in [1.165, 1.54) is 0 Å². The molecule has 0 unspecified atom stereocenters. The van der Waals surface area contributed by atoms with Gasteiger partial charge >= 0.3 is 6.09 Å². The Morgan fingerprint density at radius 3 is 2.61 bits per heavy atom. The van der Waals surface area contributed by atoms with Gasteiger partial charge in [0, 0.05) is 35.9 Å². The highest BCUT2D eigenvalue weighted by atomic mass is 35.5. The van der Waals surface area contributed by atoms with Crippen molar-refractivity contribution < 1.29 is 14.3 Å². The zero-order valence-electron chi connectivity index (χ0n) is 15.3. The van der Waals surface area contributed by atoms with Gasteiger partial charge in [-0.1, -0.05) is 48.5 Å². The highest BCUT2D eigenvalue weighted by Gasteiger charge is 2.23. The van der Waals surface area contributed by atoms with Crippen LogP contribution in [-0.2, 0) is 22.6 Å². The van der Waals surface area contributed by atoms with Crippen LogP contribution in [0.4, 0.5) is 4.79 Å². The number of fused-ring (bicyclic) bond motifs is 1. The second-order valence-electron chi connectivity index (χ2n) is 6.30. The van der Waals surface area contributed by atoms with E-state index in [0.29, 0.717) is 18.8 Å². The Hall–Kier alpha value is -2.99. The van der Waals surface area contributed by atoms with Crippen molar-refractivity contribution in [3.05, 3.63) is 71.9 Å². The summed E-state index contributed by atoms with van der Waals surface area (Å²) in [7, 11) is 0. The van der Waals surface area contributed by atoms with Crippen LogP contribution in [0.1, 0.15) is 11.1 Å². The summed E-state index contributed by atoms with van der Waals surface area (Å²) in [5.41, 5.74) is 2.78. The Kier molecular flexibility index (Phi) is 6.92. The average Bonchev–Trinajstić information content (AvgIpc) is 3.13. The number of ether oxygens (including phenoxy) is 1. The van der Waals surface area contributed by atoms with Gasteiger partial charge < -0.3 is 20.4 Å². The van der Waals surface area contributed by atoms with Crippen LogP contribution in [0.3, 0.4) is 0 Å². The summed E-state index contributed by atoms with van der Waals surface area (Å²) in [5, 5.41) is 6.40. The number of carbonyl (C=O) groups is 2. The zero-order valence-corrected chi connectivity index (χ0v) is 16.0. The fraction of sp³-hybridized carbons (Fsp3) is 0.238. The van der Waals surface area contributed by atoms with Gasteiger partial charge in [-0.3, -0.25) is 4.79 Å². The van der Waals surface area contributed by atoms with Gasteiger partial charge in [-0.2, -0.15) is 0 Å². The van der Waals surface area contributed by atoms with Crippen LogP contribution in [-0.4, -0.2) is 35.5 Å². The third-order valence-corrected chi connectivity index (χ3v) is 4.50. The SMILES string of the molecule is O=C(N[C@H](Cc1c[nH]c2ccccc12)C(=O)NCCCl)OCc1ccccc1. The molecule has 0 aliphatic rings. The van der Waals surface area contributed by atoms with E-state index in [2.05, 4.69) is 15.6 Å². The number of benzene rings is 2. The van der Waals surface area contributed by atoms with Gasteiger partial charge in [0.15, 0.2) is 0 Å². The third-order valence-electron chi connectivity index (χ3n) is 4.31. The van der Waals surface area contributed by atoms with Crippen LogP contribution in [0, 0.1) is 0 Å². The number of H-pyrrole nitrogens is 1. The van der Waals surface area contributed by atoms with Gasteiger partial charge in [0.25, 0.3) is 0 Å². The molecule has 3 aromatic rings. The number of carbonyl (C=O) groups excluding carboxylic acids is 2. The number of amides is 2. The molecule has 28 heavy (non-hydrogen) atoms. The molecule has 1 aromatic heterocycles. The number of alkyl carbamates (subject to hydrolysis) is 1. The number of halogens is 1. The number of nitrogens with one attached hydrogen (secondary N) is 3. The smallest absolute Gasteiger partial charge is 0.408 e. The van der Waals surface area contributed by atoms with Crippen molar-refractivity contribution in [1.82, 2.24) is 15.6 Å². The molecule has 2 amide bonds. The Morgan fingerprint density at radius 1 is 1.07 bits per heavy atom. The van der Waals surface area contributed by atoms with E-state index in [4.69, 9.17) is 16.3 Å². The molecule has 0 radical (unpaired) electrons. The molecule has 7 heteroatoms. The van der Waals surface area contributed by atoms with Crippen molar-refractivity contribution in [2.24, 2.45) is 0 Å². The molecule has 6 nitrogen and oxygen atoms in total. The standard InChI is InChI=1S/C21H22ClN3O3/c22-10-11-23-20(26)19(12-16-13-24-18-9-5-4-8-17(16)18)25-21(27)28-14-15-6-2-1-3-7-15/h1-9,13,19,24H,10-12,14H2,(H,23,26)(H,25,27)/t19-/m1/s1. The maximum Gasteiger partial charge on any atom is 0.408 e. The molecule has 0 spiro atoms. The summed E-state index contributed by atoms with van der Waals surface area (Å²) in [6.45, 7) is 0.460. The minimum absolute atomic E-state index is 0.135. The predicted octanol–water partition coefficient (Wildman–Crippen LogP) is 3.36. The summed E-state index contributed by atoms with van der Waals surface area (Å²) < 4.78 is 5.26. The first kappa shape index (κ1) is 19.8. The number of aromatic nitrogens is 1. The fourth-order valence-electron chi connectivity index (χ4n) is 2.93. The number of hydrogen-bond acceptors (Lipinski definition) is 3. The van der Waals surface area contributed by atoms with Crippen molar-refractivity contribution >= 4 is 34.5 Å². The molecule has 0 fully saturated rings. The average molecular weight is 400 g/mol. The first-order valence-electron chi connectivity index (χ1n) is 9.03. The van der Waals surface area contributed by atoms with Crippen LogP contribution in [0.15, 0.2) is 60.8 Å². The maximum absolute atomic E-state index is 12.5. The lowest BCUT2D eigenvalue weighted by atomic mass is 10.0. The van der Waals surface area contributed by atoms with Gasteiger partial charge in [-0.25, -0.2) is 4.79 Å². The molecule has 0 saturated carbocycles. The van der Waals surface area contributed by atoms with Crippen LogP contribution in [0.2, 0.25) is 0 Å². The Labute approximate surface area is 168 Å². The minimum atomic E-state index is -0.773. The number of para-hydroxylation sites is 1. The molecule has 0 aliphatic carbocycles. The van der Waals surface area contributed by atoms with Gasteiger partial charge in [-0.15, -0.1) is 11.6 Å². The van der Waals surface area contributed by atoms with Crippen molar-refractivity contribution in [2.75, 3.05) is 12.4 Å². The summed E-state index contributed by atoms with van der Waals surface area (Å²) in [6.07, 6.45) is 1.54. The molecule has 3 N–H and O–H groups in total. The normalized spacial score (nSPS) is 11.8. The summed E-state index contributed by atoms with van der Waals surface area (Å²) >= 11 is 5.66.